The lowest BCUT2D eigenvalue weighted by Crippen LogP contribution is -2.47. The smallest absolute Gasteiger partial charge is 0.306 e. The van der Waals surface area contributed by atoms with E-state index in [0.717, 1.165) is 12.8 Å². The number of unbranched alkanes of at least 4 members (excludes halogenated alkanes) is 1. The number of aliphatic carboxylic acids is 1. The fourth-order valence-electron chi connectivity index (χ4n) is 2.13. The molecule has 1 atom stereocenters. The standard InChI is InChI=1S/C12H22N2O3/c1-2-3-4-10(13)11(15)14-7-5-9(6-8-14)12(16)17/h9-10H,2-8,13H2,1H3,(H,16,17). The zero-order valence-corrected chi connectivity index (χ0v) is 10.4. The van der Waals surface area contributed by atoms with Gasteiger partial charge in [0.1, 0.15) is 0 Å². The van der Waals surface area contributed by atoms with E-state index in [2.05, 4.69) is 6.92 Å². The maximum atomic E-state index is 11.9. The van der Waals surface area contributed by atoms with Crippen LogP contribution in [0.4, 0.5) is 0 Å². The zero-order valence-electron chi connectivity index (χ0n) is 10.4. The van der Waals surface area contributed by atoms with Crippen LogP contribution in [0.1, 0.15) is 39.0 Å². The molecule has 1 saturated heterocycles. The number of likely N-dealkylation sites (tertiary alicyclic amines) is 1. The van der Waals surface area contributed by atoms with Crippen LogP contribution in [0.2, 0.25) is 0 Å². The summed E-state index contributed by atoms with van der Waals surface area (Å²) in [6, 6.07) is -0.420. The Kier molecular flexibility index (Phi) is 5.41. The van der Waals surface area contributed by atoms with Gasteiger partial charge in [0.25, 0.3) is 0 Å². The highest BCUT2D eigenvalue weighted by Gasteiger charge is 2.28. The van der Waals surface area contributed by atoms with Gasteiger partial charge in [0.15, 0.2) is 0 Å². The lowest BCUT2D eigenvalue weighted by atomic mass is 9.96. The van der Waals surface area contributed by atoms with Crippen molar-refractivity contribution in [2.45, 2.75) is 45.1 Å². The second-order valence-corrected chi connectivity index (χ2v) is 4.69. The molecule has 0 aromatic carbocycles. The van der Waals surface area contributed by atoms with Gasteiger partial charge in [-0.1, -0.05) is 19.8 Å². The number of carbonyl (C=O) groups excluding carboxylic acids is 1. The predicted molar refractivity (Wildman–Crippen MR) is 64.4 cm³/mol. The monoisotopic (exact) mass is 242 g/mol. The lowest BCUT2D eigenvalue weighted by molar-refractivity contribution is -0.146. The van der Waals surface area contributed by atoms with Gasteiger partial charge in [-0.15, -0.1) is 0 Å². The minimum absolute atomic E-state index is 0.0257. The van der Waals surface area contributed by atoms with Crippen LogP contribution >= 0.6 is 0 Å². The van der Waals surface area contributed by atoms with Gasteiger partial charge in [0.05, 0.1) is 12.0 Å². The van der Waals surface area contributed by atoms with Crippen molar-refractivity contribution in [3.8, 4) is 0 Å². The largest absolute Gasteiger partial charge is 0.481 e. The molecule has 0 spiro atoms. The molecule has 98 valence electrons. The normalized spacial score (nSPS) is 19.1. The van der Waals surface area contributed by atoms with Crippen molar-refractivity contribution in [2.24, 2.45) is 11.7 Å². The second-order valence-electron chi connectivity index (χ2n) is 4.69. The number of nitrogens with zero attached hydrogens (tertiary/aromatic N) is 1. The molecule has 3 N–H and O–H groups in total. The van der Waals surface area contributed by atoms with Crippen molar-refractivity contribution in [2.75, 3.05) is 13.1 Å². The summed E-state index contributed by atoms with van der Waals surface area (Å²) in [6.07, 6.45) is 3.79. The van der Waals surface area contributed by atoms with E-state index in [9.17, 15) is 9.59 Å². The number of piperidine rings is 1. The number of amides is 1. The first-order chi connectivity index (χ1) is 8.06. The first kappa shape index (κ1) is 14.0. The topological polar surface area (TPSA) is 83.6 Å². The number of nitrogens with two attached hydrogens (primary N) is 1. The molecular formula is C12H22N2O3. The summed E-state index contributed by atoms with van der Waals surface area (Å²) in [5.74, 6) is -1.08. The van der Waals surface area contributed by atoms with Crippen molar-refractivity contribution in [1.29, 1.82) is 0 Å². The first-order valence-corrected chi connectivity index (χ1v) is 6.33. The van der Waals surface area contributed by atoms with E-state index in [0.29, 0.717) is 32.4 Å². The molecule has 1 fully saturated rings. The van der Waals surface area contributed by atoms with E-state index in [1.54, 1.807) is 4.90 Å². The van der Waals surface area contributed by atoms with E-state index in [-0.39, 0.29) is 11.8 Å². The van der Waals surface area contributed by atoms with E-state index in [4.69, 9.17) is 10.8 Å². The SMILES string of the molecule is CCCCC(N)C(=O)N1CCC(C(=O)O)CC1. The highest BCUT2D eigenvalue weighted by molar-refractivity contribution is 5.82. The summed E-state index contributed by atoms with van der Waals surface area (Å²) in [5, 5.41) is 8.86. The van der Waals surface area contributed by atoms with Crippen LogP contribution in [0.5, 0.6) is 0 Å². The Bertz CT molecular complexity index is 273. The molecule has 5 heteroatoms. The number of hydrogen-bond donors (Lipinski definition) is 2. The molecule has 0 saturated carbocycles. The van der Waals surface area contributed by atoms with Crippen LogP contribution in [0.15, 0.2) is 0 Å². The zero-order chi connectivity index (χ0) is 12.8. The maximum absolute atomic E-state index is 11.9. The summed E-state index contributed by atoms with van der Waals surface area (Å²) in [5.41, 5.74) is 5.82. The van der Waals surface area contributed by atoms with E-state index in [1.165, 1.54) is 0 Å². The number of carboxylic acid groups (broad SMARTS) is 1. The molecule has 1 heterocycles. The third-order valence-electron chi connectivity index (χ3n) is 3.34. The third kappa shape index (κ3) is 4.00. The first-order valence-electron chi connectivity index (χ1n) is 6.33. The Labute approximate surface area is 102 Å². The molecule has 0 aromatic heterocycles. The van der Waals surface area contributed by atoms with Crippen molar-refractivity contribution >= 4 is 11.9 Å². The summed E-state index contributed by atoms with van der Waals surface area (Å²) >= 11 is 0. The van der Waals surface area contributed by atoms with Crippen LogP contribution in [0, 0.1) is 5.92 Å². The molecule has 0 aliphatic carbocycles. The summed E-state index contributed by atoms with van der Waals surface area (Å²) in [6.45, 7) is 3.11. The minimum atomic E-state index is -0.757. The lowest BCUT2D eigenvalue weighted by Gasteiger charge is -2.31. The molecule has 1 amide bonds. The predicted octanol–water partition coefficient (Wildman–Crippen LogP) is 0.827. The van der Waals surface area contributed by atoms with Crippen molar-refractivity contribution in [3.63, 3.8) is 0 Å². The Morgan fingerprint density at radius 1 is 1.41 bits per heavy atom. The van der Waals surface area contributed by atoms with Gasteiger partial charge < -0.3 is 15.7 Å². The Balaban J connectivity index is 2.37. The Hall–Kier alpha value is -1.10. The van der Waals surface area contributed by atoms with Crippen molar-refractivity contribution in [1.82, 2.24) is 4.90 Å². The quantitative estimate of drug-likeness (QED) is 0.748. The maximum Gasteiger partial charge on any atom is 0.306 e. The molecule has 1 unspecified atom stereocenters. The van der Waals surface area contributed by atoms with Gasteiger partial charge in [-0.2, -0.15) is 0 Å². The van der Waals surface area contributed by atoms with Gasteiger partial charge in [-0.25, -0.2) is 0 Å². The van der Waals surface area contributed by atoms with Gasteiger partial charge in [0.2, 0.25) is 5.91 Å². The van der Waals surface area contributed by atoms with Gasteiger partial charge in [-0.05, 0) is 19.3 Å². The van der Waals surface area contributed by atoms with Crippen LogP contribution < -0.4 is 5.73 Å². The molecule has 17 heavy (non-hydrogen) atoms. The van der Waals surface area contributed by atoms with E-state index < -0.39 is 12.0 Å². The molecule has 0 bridgehead atoms. The average molecular weight is 242 g/mol. The summed E-state index contributed by atoms with van der Waals surface area (Å²) < 4.78 is 0. The molecular weight excluding hydrogens is 220 g/mol. The molecule has 0 aromatic rings. The fourth-order valence-corrected chi connectivity index (χ4v) is 2.13. The average Bonchev–Trinajstić information content (AvgIpc) is 2.35. The number of carbonyl (C=O) groups is 2. The highest BCUT2D eigenvalue weighted by Crippen LogP contribution is 2.18. The number of hydrogen-bond acceptors (Lipinski definition) is 3. The van der Waals surface area contributed by atoms with Crippen molar-refractivity contribution < 1.29 is 14.7 Å². The van der Waals surface area contributed by atoms with Gasteiger partial charge >= 0.3 is 5.97 Å². The second kappa shape index (κ2) is 6.59. The van der Waals surface area contributed by atoms with Crippen LogP contribution in [0.25, 0.3) is 0 Å². The summed E-state index contributed by atoms with van der Waals surface area (Å²) in [7, 11) is 0. The number of carboxylic acids is 1. The molecule has 5 nitrogen and oxygen atoms in total. The summed E-state index contributed by atoms with van der Waals surface area (Å²) in [4.78, 5) is 24.4. The number of rotatable bonds is 5. The van der Waals surface area contributed by atoms with Crippen LogP contribution in [0.3, 0.4) is 0 Å². The third-order valence-corrected chi connectivity index (χ3v) is 3.34. The highest BCUT2D eigenvalue weighted by atomic mass is 16.4. The van der Waals surface area contributed by atoms with Crippen molar-refractivity contribution in [3.05, 3.63) is 0 Å². The fraction of sp³-hybridized carbons (Fsp3) is 0.833. The van der Waals surface area contributed by atoms with Crippen LogP contribution in [-0.2, 0) is 9.59 Å². The molecule has 1 aliphatic heterocycles. The van der Waals surface area contributed by atoms with Gasteiger partial charge in [-0.3, -0.25) is 9.59 Å². The van der Waals surface area contributed by atoms with E-state index >= 15 is 0 Å². The molecule has 1 aliphatic rings. The molecule has 0 radical (unpaired) electrons. The van der Waals surface area contributed by atoms with Crippen LogP contribution in [-0.4, -0.2) is 41.0 Å². The molecule has 1 rings (SSSR count). The van der Waals surface area contributed by atoms with Gasteiger partial charge in [0, 0.05) is 13.1 Å². The minimum Gasteiger partial charge on any atom is -0.481 e. The Morgan fingerprint density at radius 2 is 2.00 bits per heavy atom. The van der Waals surface area contributed by atoms with E-state index in [1.807, 2.05) is 0 Å². The Morgan fingerprint density at radius 3 is 2.47 bits per heavy atom.